The molecule has 5 nitrogen and oxygen atoms in total. The molecule has 0 saturated carbocycles. The van der Waals surface area contributed by atoms with Gasteiger partial charge in [0, 0.05) is 79.0 Å². The number of halogens is 3. The molecular formula is C28H33ClF2N4O. The van der Waals surface area contributed by atoms with Gasteiger partial charge in [-0.2, -0.15) is 0 Å². The van der Waals surface area contributed by atoms with E-state index in [1.807, 2.05) is 47.4 Å². The number of carbonyl (C=O) groups is 1. The number of hydrogen-bond donors (Lipinski definition) is 0. The van der Waals surface area contributed by atoms with Crippen molar-refractivity contribution in [3.05, 3.63) is 64.8 Å². The van der Waals surface area contributed by atoms with Crippen molar-refractivity contribution in [1.82, 2.24) is 19.3 Å². The Kier molecular flexibility index (Phi) is 7.07. The Morgan fingerprint density at radius 2 is 1.67 bits per heavy atom. The topological polar surface area (TPSA) is 31.7 Å². The average Bonchev–Trinajstić information content (AvgIpc) is 3.22. The van der Waals surface area contributed by atoms with E-state index in [1.54, 1.807) is 0 Å². The van der Waals surface area contributed by atoms with Crippen molar-refractivity contribution in [1.29, 1.82) is 0 Å². The van der Waals surface area contributed by atoms with Crippen LogP contribution in [0.25, 0.3) is 16.6 Å². The van der Waals surface area contributed by atoms with Crippen LogP contribution in [0.1, 0.15) is 41.7 Å². The number of alkyl halides is 2. The van der Waals surface area contributed by atoms with Crippen LogP contribution < -0.4 is 0 Å². The first-order valence-electron chi connectivity index (χ1n) is 12.7. The standard InChI is InChI=1S/C28H33ClF2N4O/c1-32(2)23-9-13-34(14-10-23)27(36)20-3-8-26-21(17-20)18-25(19-33-15-11-28(30,31)12-16-33)35(26)24-6-4-22(29)5-7-24/h3-8,17-18,23H,9-16,19H2,1-2H3. The first-order chi connectivity index (χ1) is 17.2. The third kappa shape index (κ3) is 5.29. The number of piperidine rings is 2. The van der Waals surface area contributed by atoms with Gasteiger partial charge in [-0.05, 0) is 75.5 Å². The molecule has 192 valence electrons. The summed E-state index contributed by atoms with van der Waals surface area (Å²) in [6.45, 7) is 2.81. The summed E-state index contributed by atoms with van der Waals surface area (Å²) in [4.78, 5) is 19.6. The maximum absolute atomic E-state index is 13.7. The molecule has 0 N–H and O–H groups in total. The number of benzene rings is 2. The van der Waals surface area contributed by atoms with E-state index in [2.05, 4.69) is 34.5 Å². The van der Waals surface area contributed by atoms with E-state index in [1.165, 1.54) is 0 Å². The van der Waals surface area contributed by atoms with Crippen LogP contribution in [0, 0.1) is 0 Å². The lowest BCUT2D eigenvalue weighted by Gasteiger charge is -2.35. The Morgan fingerprint density at radius 1 is 1.00 bits per heavy atom. The SMILES string of the molecule is CN(C)C1CCN(C(=O)c2ccc3c(c2)cc(CN2CCC(F)(F)CC2)n3-c2ccc(Cl)cc2)CC1. The molecule has 3 aromatic rings. The average molecular weight is 515 g/mol. The van der Waals surface area contributed by atoms with Crippen molar-refractivity contribution in [3.8, 4) is 5.69 Å². The molecule has 2 fully saturated rings. The molecule has 0 spiro atoms. The minimum absolute atomic E-state index is 0.0631. The Bertz CT molecular complexity index is 1220. The highest BCUT2D eigenvalue weighted by Gasteiger charge is 2.34. The van der Waals surface area contributed by atoms with Gasteiger partial charge in [0.15, 0.2) is 0 Å². The molecule has 0 bridgehead atoms. The predicted octanol–water partition coefficient (Wildman–Crippen LogP) is 5.68. The lowest BCUT2D eigenvalue weighted by molar-refractivity contribution is -0.0568. The summed E-state index contributed by atoms with van der Waals surface area (Å²) in [5.74, 6) is -2.51. The van der Waals surface area contributed by atoms with Crippen molar-refractivity contribution < 1.29 is 13.6 Å². The van der Waals surface area contributed by atoms with Crippen molar-refractivity contribution in [2.75, 3.05) is 40.3 Å². The smallest absolute Gasteiger partial charge is 0.253 e. The molecule has 2 saturated heterocycles. The number of rotatable bonds is 5. The first-order valence-corrected chi connectivity index (χ1v) is 13.0. The van der Waals surface area contributed by atoms with E-state index in [-0.39, 0.29) is 18.7 Å². The van der Waals surface area contributed by atoms with Crippen LogP contribution in [0.2, 0.25) is 5.02 Å². The van der Waals surface area contributed by atoms with Crippen molar-refractivity contribution in [2.24, 2.45) is 0 Å². The molecule has 5 rings (SSSR count). The monoisotopic (exact) mass is 514 g/mol. The van der Waals surface area contributed by atoms with Gasteiger partial charge in [0.2, 0.25) is 0 Å². The van der Waals surface area contributed by atoms with Gasteiger partial charge in [0.05, 0.1) is 5.52 Å². The number of amides is 1. The van der Waals surface area contributed by atoms with Crippen molar-refractivity contribution in [3.63, 3.8) is 0 Å². The van der Waals surface area contributed by atoms with Crippen LogP contribution in [-0.2, 0) is 6.54 Å². The molecule has 3 heterocycles. The van der Waals surface area contributed by atoms with Gasteiger partial charge in [0.25, 0.3) is 11.8 Å². The van der Waals surface area contributed by atoms with E-state index in [0.29, 0.717) is 36.3 Å². The first kappa shape index (κ1) is 25.2. The van der Waals surface area contributed by atoms with Crippen LogP contribution in [0.15, 0.2) is 48.5 Å². The van der Waals surface area contributed by atoms with Crippen LogP contribution in [0.5, 0.6) is 0 Å². The number of likely N-dealkylation sites (tertiary alicyclic amines) is 2. The molecule has 1 amide bonds. The summed E-state index contributed by atoms with van der Waals surface area (Å²) in [5.41, 5.74) is 3.63. The summed E-state index contributed by atoms with van der Waals surface area (Å²) in [7, 11) is 4.18. The van der Waals surface area contributed by atoms with Gasteiger partial charge in [-0.25, -0.2) is 8.78 Å². The minimum Gasteiger partial charge on any atom is -0.339 e. The normalized spacial score (nSPS) is 19.3. The number of fused-ring (bicyclic) bond motifs is 1. The molecule has 0 unspecified atom stereocenters. The quantitative estimate of drug-likeness (QED) is 0.439. The number of aromatic nitrogens is 1. The summed E-state index contributed by atoms with van der Waals surface area (Å²) in [6, 6.07) is 16.1. The van der Waals surface area contributed by atoms with E-state index in [4.69, 9.17) is 11.6 Å². The fourth-order valence-electron chi connectivity index (χ4n) is 5.45. The van der Waals surface area contributed by atoms with Gasteiger partial charge in [0.1, 0.15) is 0 Å². The molecule has 0 radical (unpaired) electrons. The van der Waals surface area contributed by atoms with Gasteiger partial charge in [-0.15, -0.1) is 0 Å². The highest BCUT2D eigenvalue weighted by molar-refractivity contribution is 6.30. The van der Waals surface area contributed by atoms with Gasteiger partial charge >= 0.3 is 0 Å². The molecule has 0 aliphatic carbocycles. The predicted molar refractivity (Wildman–Crippen MR) is 140 cm³/mol. The maximum atomic E-state index is 13.7. The largest absolute Gasteiger partial charge is 0.339 e. The maximum Gasteiger partial charge on any atom is 0.253 e. The number of carbonyl (C=O) groups excluding carboxylic acids is 1. The number of nitrogens with zero attached hydrogens (tertiary/aromatic N) is 4. The van der Waals surface area contributed by atoms with E-state index < -0.39 is 5.92 Å². The summed E-state index contributed by atoms with van der Waals surface area (Å²) < 4.78 is 29.6. The summed E-state index contributed by atoms with van der Waals surface area (Å²) in [5, 5.41) is 1.62. The van der Waals surface area contributed by atoms with Gasteiger partial charge in [-0.1, -0.05) is 11.6 Å². The molecule has 2 aromatic carbocycles. The van der Waals surface area contributed by atoms with E-state index in [9.17, 15) is 13.6 Å². The van der Waals surface area contributed by atoms with Crippen LogP contribution in [0.3, 0.4) is 0 Å². The Hall–Kier alpha value is -2.48. The molecule has 8 heteroatoms. The van der Waals surface area contributed by atoms with E-state index in [0.717, 1.165) is 48.2 Å². The second-order valence-electron chi connectivity index (χ2n) is 10.3. The number of hydrogen-bond acceptors (Lipinski definition) is 3. The van der Waals surface area contributed by atoms with Crippen LogP contribution in [0.4, 0.5) is 8.78 Å². The summed E-state index contributed by atoms with van der Waals surface area (Å²) in [6.07, 6.45) is 1.73. The molecule has 2 aliphatic heterocycles. The molecular weight excluding hydrogens is 482 g/mol. The Balaban J connectivity index is 1.44. The lowest BCUT2D eigenvalue weighted by Crippen LogP contribution is -2.44. The fourth-order valence-corrected chi connectivity index (χ4v) is 5.58. The van der Waals surface area contributed by atoms with Crippen molar-refractivity contribution >= 4 is 28.4 Å². The second-order valence-corrected chi connectivity index (χ2v) is 10.8. The van der Waals surface area contributed by atoms with E-state index >= 15 is 0 Å². The third-order valence-electron chi connectivity index (χ3n) is 7.66. The third-order valence-corrected chi connectivity index (χ3v) is 7.92. The second kappa shape index (κ2) is 10.1. The van der Waals surface area contributed by atoms with Gasteiger partial charge < -0.3 is 14.4 Å². The summed E-state index contributed by atoms with van der Waals surface area (Å²) >= 11 is 6.14. The zero-order chi connectivity index (χ0) is 25.4. The fraction of sp³-hybridized carbons (Fsp3) is 0.464. The van der Waals surface area contributed by atoms with Gasteiger partial charge in [-0.3, -0.25) is 9.69 Å². The van der Waals surface area contributed by atoms with Crippen LogP contribution in [-0.4, -0.2) is 77.4 Å². The highest BCUT2D eigenvalue weighted by Crippen LogP contribution is 2.31. The zero-order valence-corrected chi connectivity index (χ0v) is 21.6. The molecule has 2 aliphatic rings. The Labute approximate surface area is 216 Å². The highest BCUT2D eigenvalue weighted by atomic mass is 35.5. The van der Waals surface area contributed by atoms with Crippen LogP contribution >= 0.6 is 11.6 Å². The zero-order valence-electron chi connectivity index (χ0n) is 20.9. The van der Waals surface area contributed by atoms with Crippen molar-refractivity contribution in [2.45, 2.75) is 44.2 Å². The Morgan fingerprint density at radius 3 is 2.31 bits per heavy atom. The lowest BCUT2D eigenvalue weighted by atomic mass is 10.0. The molecule has 0 atom stereocenters. The molecule has 36 heavy (non-hydrogen) atoms. The molecule has 1 aromatic heterocycles. The minimum atomic E-state index is -2.57.